The fourth-order valence-corrected chi connectivity index (χ4v) is 0. The Hall–Kier alpha value is 1.02. The zero-order valence-corrected chi connectivity index (χ0v) is 9.38. The van der Waals surface area contributed by atoms with Crippen molar-refractivity contribution in [2.24, 2.45) is 0 Å². The molecule has 11 heteroatoms. The van der Waals surface area contributed by atoms with Gasteiger partial charge < -0.3 is 38.5 Å². The van der Waals surface area contributed by atoms with Crippen LogP contribution in [0.3, 0.4) is 0 Å². The van der Waals surface area contributed by atoms with Gasteiger partial charge in [0.15, 0.2) is 0 Å². The molecular weight excluding hydrogens is 309 g/mol. The molecule has 0 spiro atoms. The molecule has 0 aromatic carbocycles. The van der Waals surface area contributed by atoms with Crippen molar-refractivity contribution >= 4 is 39.6 Å². The molecule has 0 amide bonds. The van der Waals surface area contributed by atoms with E-state index in [-0.39, 0.29) is 23.9 Å². The third-order valence-electron chi connectivity index (χ3n) is 0. The predicted molar refractivity (Wildman–Crippen MR) is 25.4 cm³/mol. The van der Waals surface area contributed by atoms with Crippen molar-refractivity contribution in [2.75, 3.05) is 0 Å². The van der Waals surface area contributed by atoms with Crippen molar-refractivity contribution in [2.45, 2.75) is 0 Å². The molecule has 0 saturated heterocycles. The van der Waals surface area contributed by atoms with Gasteiger partial charge in [-0.2, -0.15) is 0 Å². The number of hydrogen-bond donors (Lipinski definition) is 2. The van der Waals surface area contributed by atoms with Crippen LogP contribution >= 0.6 is 15.6 Å². The van der Waals surface area contributed by atoms with Crippen LogP contribution in [0.1, 0.15) is 0 Å². The van der Waals surface area contributed by atoms with Crippen molar-refractivity contribution in [3.05, 3.63) is 0 Å². The van der Waals surface area contributed by atoms with E-state index >= 15 is 0 Å². The monoisotopic (exact) mass is 312 g/mol. The molecule has 8 nitrogen and oxygen atoms in total. The Morgan fingerprint density at radius 3 is 0.818 bits per heavy atom. The van der Waals surface area contributed by atoms with Crippen LogP contribution in [0.15, 0.2) is 0 Å². The Morgan fingerprint density at radius 2 is 0.818 bits per heavy atom. The molecule has 0 fully saturated rings. The minimum atomic E-state index is -5.14. The van der Waals surface area contributed by atoms with E-state index in [1.807, 2.05) is 0 Å². The van der Waals surface area contributed by atoms with Gasteiger partial charge in [0.1, 0.15) is 0 Å². The smallest absolute Gasteiger partial charge is 0.790 e. The van der Waals surface area contributed by atoms with Crippen molar-refractivity contribution in [3.8, 4) is 0 Å². The fraction of sp³-hybridized carbons (Fsp3) is 0. The van der Waals surface area contributed by atoms with Crippen molar-refractivity contribution < 1.29 is 38.5 Å². The Kier molecular flexibility index (Phi) is 10.6. The van der Waals surface area contributed by atoms with Crippen molar-refractivity contribution in [1.29, 1.82) is 0 Å². The van der Waals surface area contributed by atoms with Crippen LogP contribution in [0, 0.1) is 0 Å². The first kappa shape index (κ1) is 17.9. The molecule has 0 aromatic heterocycles. The van der Waals surface area contributed by atoms with Gasteiger partial charge in [-0.05, 0) is 0 Å². The van der Waals surface area contributed by atoms with E-state index in [4.69, 9.17) is 38.5 Å². The summed E-state index contributed by atoms with van der Waals surface area (Å²) in [6, 6.07) is 0. The van der Waals surface area contributed by atoms with Gasteiger partial charge in [0.25, 0.3) is 0 Å². The molecule has 0 bridgehead atoms. The van der Waals surface area contributed by atoms with Gasteiger partial charge in [0, 0.05) is 0 Å². The molecule has 11 heavy (non-hydrogen) atoms. The average molecular weight is 311 g/mol. The molecule has 0 rings (SSSR count). The minimum Gasteiger partial charge on any atom is -0.790 e. The van der Waals surface area contributed by atoms with Crippen LogP contribution in [-0.4, -0.2) is 33.7 Å². The molecule has 0 unspecified atom stereocenters. The summed E-state index contributed by atoms with van der Waals surface area (Å²) >= 11 is 0. The molecule has 0 aliphatic heterocycles. The number of hydrogen-bond acceptors (Lipinski definition) is 6. The zero-order valence-electron chi connectivity index (χ0n) is 4.74. The van der Waals surface area contributed by atoms with Gasteiger partial charge in [-0.3, -0.25) is 0 Å². The van der Waals surface area contributed by atoms with Gasteiger partial charge in [-0.15, -0.1) is 0 Å². The first-order valence-corrected chi connectivity index (χ1v) is 4.49. The molecule has 0 heterocycles. The van der Waals surface area contributed by atoms with E-state index in [2.05, 4.69) is 0 Å². The van der Waals surface area contributed by atoms with Crippen LogP contribution in [0.4, 0.5) is 0 Å². The second-order valence-corrected chi connectivity index (χ2v) is 2.81. The SMILES string of the molecule is O=P([O-])([O-])O.O=P([O-])([O-])O.[Sn+4]. The maximum Gasteiger partial charge on any atom is 4.00 e. The van der Waals surface area contributed by atoms with E-state index in [9.17, 15) is 0 Å². The van der Waals surface area contributed by atoms with Crippen LogP contribution in [0.25, 0.3) is 0 Å². The third kappa shape index (κ3) is 864. The summed E-state index contributed by atoms with van der Waals surface area (Å²) in [6.07, 6.45) is 0. The predicted octanol–water partition coefficient (Wildman–Crippen LogP) is -4.77. The zero-order chi connectivity index (χ0) is 9.00. The average Bonchev–Trinajstić information content (AvgIpc) is 1.12. The molecule has 2 N–H and O–H groups in total. The second-order valence-electron chi connectivity index (χ2n) is 0.937. The summed E-state index contributed by atoms with van der Waals surface area (Å²) < 4.78 is 17.3. The fourth-order valence-electron chi connectivity index (χ4n) is 0. The van der Waals surface area contributed by atoms with E-state index in [1.54, 1.807) is 0 Å². The Labute approximate surface area is 78.3 Å². The molecule has 0 saturated carbocycles. The topological polar surface area (TPSA) is 167 Å². The first-order valence-electron chi connectivity index (χ1n) is 1.50. The van der Waals surface area contributed by atoms with Crippen LogP contribution < -0.4 is 19.6 Å². The van der Waals surface area contributed by atoms with Crippen LogP contribution in [-0.2, 0) is 9.13 Å². The van der Waals surface area contributed by atoms with E-state index in [0.717, 1.165) is 0 Å². The van der Waals surface area contributed by atoms with E-state index in [0.29, 0.717) is 0 Å². The summed E-state index contributed by atoms with van der Waals surface area (Å²) in [4.78, 5) is 48.6. The van der Waals surface area contributed by atoms with Crippen molar-refractivity contribution in [1.82, 2.24) is 0 Å². The molecule has 0 atom stereocenters. The molecule has 0 aliphatic carbocycles. The van der Waals surface area contributed by atoms with Gasteiger partial charge in [-0.1, -0.05) is 0 Å². The van der Waals surface area contributed by atoms with Gasteiger partial charge in [-0.25, -0.2) is 0 Å². The quantitative estimate of drug-likeness (QED) is 0.332. The van der Waals surface area contributed by atoms with E-state index < -0.39 is 15.6 Å². The summed E-state index contributed by atoms with van der Waals surface area (Å²) in [5.74, 6) is 0. The molecule has 64 valence electrons. The largest absolute Gasteiger partial charge is 4.00 e. The molecule has 0 aliphatic rings. The normalized spacial score (nSPS) is 10.7. The minimum absolute atomic E-state index is 0. The van der Waals surface area contributed by atoms with Crippen LogP contribution in [0.2, 0.25) is 0 Å². The van der Waals surface area contributed by atoms with E-state index in [1.165, 1.54) is 0 Å². The first-order chi connectivity index (χ1) is 4.00. The molecule has 0 radical (unpaired) electrons. The van der Waals surface area contributed by atoms with Gasteiger partial charge in [0.2, 0.25) is 0 Å². The van der Waals surface area contributed by atoms with Crippen molar-refractivity contribution in [3.63, 3.8) is 0 Å². The summed E-state index contributed by atoms with van der Waals surface area (Å²) in [5, 5.41) is 0. The Balaban J connectivity index is -0.000000107. The van der Waals surface area contributed by atoms with Gasteiger partial charge >= 0.3 is 23.9 Å². The van der Waals surface area contributed by atoms with Crippen LogP contribution in [0.5, 0.6) is 0 Å². The molecule has 0 aromatic rings. The standard InChI is InChI=1S/2H3O4P.Sn/c2*1-5(2,3)4;/h2*(H3,1,2,3,4);/q;;+4/p-4. The maximum absolute atomic E-state index is 8.66. The Bertz CT molecular complexity index is 124. The maximum atomic E-state index is 8.66. The Morgan fingerprint density at radius 1 is 0.818 bits per heavy atom. The molecular formula is H2O8P2Sn. The number of rotatable bonds is 0. The summed E-state index contributed by atoms with van der Waals surface area (Å²) in [6.45, 7) is 0. The summed E-state index contributed by atoms with van der Waals surface area (Å²) in [7, 11) is -10.3. The summed E-state index contributed by atoms with van der Waals surface area (Å²) in [5.41, 5.74) is 0. The number of phosphoric acid groups is 2. The van der Waals surface area contributed by atoms with Gasteiger partial charge in [0.05, 0.1) is 15.6 Å². The third-order valence-corrected chi connectivity index (χ3v) is 0. The second kappa shape index (κ2) is 6.53.